The second kappa shape index (κ2) is 7.59. The quantitative estimate of drug-likeness (QED) is 0.843. The van der Waals surface area contributed by atoms with Gasteiger partial charge in [-0.15, -0.1) is 12.4 Å². The number of hydrogen-bond donors (Lipinski definition) is 1. The van der Waals surface area contributed by atoms with Gasteiger partial charge in [-0.25, -0.2) is 0 Å². The molecule has 2 aromatic rings. The molecule has 2 aromatic carbocycles. The fraction of sp³-hybridized carbons (Fsp3) is 0.381. The summed E-state index contributed by atoms with van der Waals surface area (Å²) in [5.41, 5.74) is 1.29. The van der Waals surface area contributed by atoms with Crippen LogP contribution in [0.15, 0.2) is 54.6 Å². The molecular weight excluding hydrogens is 369 g/mol. The van der Waals surface area contributed by atoms with Crippen molar-refractivity contribution in [2.24, 2.45) is 5.92 Å². The molecule has 138 valence electrons. The standard InChI is InChI=1S/C21H22ClNO2.ClH/c22-17-8-6-16(7-9-17)21(25)10-12-23(13-11-21)20(24)19-14-18(19)15-4-2-1-3-5-15;/h1-9,18-19,25H,10-14H2;1H. The fourth-order valence-electron chi connectivity index (χ4n) is 3.92. The molecule has 0 radical (unpaired) electrons. The first kappa shape index (κ1) is 19.2. The maximum absolute atomic E-state index is 12.8. The molecule has 1 aliphatic carbocycles. The van der Waals surface area contributed by atoms with Gasteiger partial charge in [-0.1, -0.05) is 54.1 Å². The molecule has 5 heteroatoms. The average molecular weight is 392 g/mol. The van der Waals surface area contributed by atoms with Gasteiger partial charge in [-0.3, -0.25) is 4.79 Å². The number of likely N-dealkylation sites (tertiary alicyclic amines) is 1. The molecule has 3 nitrogen and oxygen atoms in total. The number of aliphatic hydroxyl groups is 1. The summed E-state index contributed by atoms with van der Waals surface area (Å²) in [7, 11) is 0. The van der Waals surface area contributed by atoms with Gasteiger partial charge in [0.15, 0.2) is 0 Å². The number of halogens is 2. The van der Waals surface area contributed by atoms with Crippen molar-refractivity contribution in [1.82, 2.24) is 4.90 Å². The van der Waals surface area contributed by atoms with Gasteiger partial charge in [0.2, 0.25) is 5.91 Å². The topological polar surface area (TPSA) is 40.5 Å². The van der Waals surface area contributed by atoms with E-state index in [-0.39, 0.29) is 24.2 Å². The van der Waals surface area contributed by atoms with Crippen LogP contribution in [0, 0.1) is 5.92 Å². The molecule has 1 heterocycles. The number of rotatable bonds is 3. The predicted molar refractivity (Wildman–Crippen MR) is 106 cm³/mol. The lowest BCUT2D eigenvalue weighted by atomic mass is 9.84. The lowest BCUT2D eigenvalue weighted by Gasteiger charge is -2.38. The minimum absolute atomic E-state index is 0. The van der Waals surface area contributed by atoms with E-state index >= 15 is 0 Å². The molecule has 4 rings (SSSR count). The van der Waals surface area contributed by atoms with Crippen molar-refractivity contribution in [3.8, 4) is 0 Å². The highest BCUT2D eigenvalue weighted by Gasteiger charge is 2.47. The van der Waals surface area contributed by atoms with E-state index in [1.165, 1.54) is 5.56 Å². The highest BCUT2D eigenvalue weighted by Crippen LogP contribution is 2.49. The molecule has 2 fully saturated rings. The van der Waals surface area contributed by atoms with Crippen molar-refractivity contribution in [3.05, 3.63) is 70.7 Å². The van der Waals surface area contributed by atoms with Crippen molar-refractivity contribution in [2.75, 3.05) is 13.1 Å². The highest BCUT2D eigenvalue weighted by molar-refractivity contribution is 6.30. The third-order valence-electron chi connectivity index (χ3n) is 5.62. The third-order valence-corrected chi connectivity index (χ3v) is 5.87. The minimum Gasteiger partial charge on any atom is -0.385 e. The Bertz CT molecular complexity index is 755. The molecule has 1 saturated carbocycles. The highest BCUT2D eigenvalue weighted by atomic mass is 35.5. The number of carbonyl (C=O) groups is 1. The van der Waals surface area contributed by atoms with Crippen LogP contribution < -0.4 is 0 Å². The van der Waals surface area contributed by atoms with Gasteiger partial charge >= 0.3 is 0 Å². The normalized spacial score (nSPS) is 23.8. The molecule has 2 atom stereocenters. The molecule has 0 spiro atoms. The Morgan fingerprint density at radius 3 is 2.27 bits per heavy atom. The van der Waals surface area contributed by atoms with Gasteiger partial charge < -0.3 is 10.0 Å². The maximum Gasteiger partial charge on any atom is 0.226 e. The first-order chi connectivity index (χ1) is 12.1. The van der Waals surface area contributed by atoms with Gasteiger partial charge in [-0.05, 0) is 48.4 Å². The van der Waals surface area contributed by atoms with Gasteiger partial charge in [-0.2, -0.15) is 0 Å². The van der Waals surface area contributed by atoms with E-state index in [9.17, 15) is 9.90 Å². The zero-order chi connectivity index (χ0) is 17.4. The smallest absolute Gasteiger partial charge is 0.226 e. The Morgan fingerprint density at radius 2 is 1.65 bits per heavy atom. The number of nitrogens with zero attached hydrogens (tertiary/aromatic N) is 1. The molecule has 1 N–H and O–H groups in total. The van der Waals surface area contributed by atoms with Crippen LogP contribution in [-0.4, -0.2) is 29.0 Å². The van der Waals surface area contributed by atoms with E-state index in [0.717, 1.165) is 12.0 Å². The monoisotopic (exact) mass is 391 g/mol. The molecule has 26 heavy (non-hydrogen) atoms. The second-order valence-electron chi connectivity index (χ2n) is 7.22. The van der Waals surface area contributed by atoms with Crippen molar-refractivity contribution in [1.29, 1.82) is 0 Å². The van der Waals surface area contributed by atoms with E-state index < -0.39 is 5.60 Å². The van der Waals surface area contributed by atoms with Crippen LogP contribution in [0.3, 0.4) is 0 Å². The Hall–Kier alpha value is -1.55. The van der Waals surface area contributed by atoms with E-state index in [4.69, 9.17) is 11.6 Å². The Kier molecular flexibility index (Phi) is 5.61. The molecule has 2 aliphatic rings. The van der Waals surface area contributed by atoms with Gasteiger partial charge in [0.25, 0.3) is 0 Å². The molecule has 1 amide bonds. The zero-order valence-electron chi connectivity index (χ0n) is 14.5. The lowest BCUT2D eigenvalue weighted by molar-refractivity contribution is -0.137. The van der Waals surface area contributed by atoms with E-state index in [1.54, 1.807) is 12.1 Å². The van der Waals surface area contributed by atoms with E-state index in [2.05, 4.69) is 12.1 Å². The van der Waals surface area contributed by atoms with E-state index in [0.29, 0.717) is 36.9 Å². The van der Waals surface area contributed by atoms with Crippen molar-refractivity contribution in [2.45, 2.75) is 30.8 Å². The number of carbonyl (C=O) groups excluding carboxylic acids is 1. The third kappa shape index (κ3) is 3.75. The van der Waals surface area contributed by atoms with Gasteiger partial charge in [0.05, 0.1) is 5.60 Å². The summed E-state index contributed by atoms with van der Waals surface area (Å²) in [4.78, 5) is 14.7. The summed E-state index contributed by atoms with van der Waals surface area (Å²) < 4.78 is 0. The number of benzene rings is 2. The largest absolute Gasteiger partial charge is 0.385 e. The maximum atomic E-state index is 12.8. The van der Waals surface area contributed by atoms with Crippen LogP contribution in [0.4, 0.5) is 0 Å². The van der Waals surface area contributed by atoms with Crippen LogP contribution in [0.5, 0.6) is 0 Å². The molecule has 0 aromatic heterocycles. The Morgan fingerprint density at radius 1 is 1.04 bits per heavy atom. The van der Waals surface area contributed by atoms with Crippen LogP contribution in [0.25, 0.3) is 0 Å². The molecule has 1 aliphatic heterocycles. The molecular formula is C21H23Cl2NO2. The number of amides is 1. The summed E-state index contributed by atoms with van der Waals surface area (Å²) >= 11 is 5.93. The first-order valence-corrected chi connectivity index (χ1v) is 9.27. The van der Waals surface area contributed by atoms with Crippen LogP contribution in [-0.2, 0) is 10.4 Å². The zero-order valence-corrected chi connectivity index (χ0v) is 16.0. The SMILES string of the molecule is Cl.O=C(C1CC1c1ccccc1)N1CCC(O)(c2ccc(Cl)cc2)CC1. The van der Waals surface area contributed by atoms with Crippen LogP contribution in [0.1, 0.15) is 36.3 Å². The van der Waals surface area contributed by atoms with Crippen LogP contribution >= 0.6 is 24.0 Å². The summed E-state index contributed by atoms with van der Waals surface area (Å²) in [6, 6.07) is 17.6. The van der Waals surface area contributed by atoms with Crippen molar-refractivity contribution in [3.63, 3.8) is 0 Å². The van der Waals surface area contributed by atoms with Gasteiger partial charge in [0, 0.05) is 24.0 Å². The first-order valence-electron chi connectivity index (χ1n) is 8.89. The predicted octanol–water partition coefficient (Wildman–Crippen LogP) is 4.38. The van der Waals surface area contributed by atoms with E-state index in [1.807, 2.05) is 35.2 Å². The Balaban J connectivity index is 0.00000196. The summed E-state index contributed by atoms with van der Waals surface area (Å²) in [5.74, 6) is 0.724. The number of hydrogen-bond acceptors (Lipinski definition) is 2. The molecule has 2 unspecified atom stereocenters. The van der Waals surface area contributed by atoms with Gasteiger partial charge in [0.1, 0.15) is 0 Å². The minimum atomic E-state index is -0.857. The number of piperidine rings is 1. The van der Waals surface area contributed by atoms with Crippen LogP contribution in [0.2, 0.25) is 5.02 Å². The summed E-state index contributed by atoms with van der Waals surface area (Å²) in [6.07, 6.45) is 2.09. The molecule has 1 saturated heterocycles. The molecule has 0 bridgehead atoms. The fourth-order valence-corrected chi connectivity index (χ4v) is 4.04. The van der Waals surface area contributed by atoms with Crippen molar-refractivity contribution < 1.29 is 9.90 Å². The van der Waals surface area contributed by atoms with Crippen molar-refractivity contribution >= 4 is 29.9 Å². The average Bonchev–Trinajstić information content (AvgIpc) is 3.44. The summed E-state index contributed by atoms with van der Waals surface area (Å²) in [6.45, 7) is 1.21. The second-order valence-corrected chi connectivity index (χ2v) is 7.66. The Labute approximate surface area is 165 Å². The lowest BCUT2D eigenvalue weighted by Crippen LogP contribution is -2.45. The summed E-state index contributed by atoms with van der Waals surface area (Å²) in [5, 5.41) is 11.6.